The molecule has 2 aliphatic heterocycles. The van der Waals surface area contributed by atoms with Gasteiger partial charge in [0.15, 0.2) is 11.5 Å². The summed E-state index contributed by atoms with van der Waals surface area (Å²) in [5.74, 6) is -0.929. The fourth-order valence-electron chi connectivity index (χ4n) is 8.47. The van der Waals surface area contributed by atoms with Crippen molar-refractivity contribution in [2.24, 2.45) is 5.41 Å². The van der Waals surface area contributed by atoms with Crippen LogP contribution in [0.1, 0.15) is 41.8 Å². The molecule has 2 saturated heterocycles. The van der Waals surface area contributed by atoms with Crippen LogP contribution in [-0.2, 0) is 44.2 Å². The third-order valence-electron chi connectivity index (χ3n) is 11.5. The Kier molecular flexibility index (Phi) is 12.0. The van der Waals surface area contributed by atoms with Gasteiger partial charge in [-0.1, -0.05) is 30.3 Å². The van der Waals surface area contributed by atoms with Crippen LogP contribution in [0, 0.1) is 22.9 Å². The smallest absolute Gasteiger partial charge is 0.264 e. The van der Waals surface area contributed by atoms with E-state index in [9.17, 15) is 27.1 Å². The summed E-state index contributed by atoms with van der Waals surface area (Å²) in [6.45, 7) is 1.26. The molecule has 59 heavy (non-hydrogen) atoms. The number of carbonyl (C=O) groups excluding carboxylic acids is 1. The summed E-state index contributed by atoms with van der Waals surface area (Å²) in [4.78, 5) is 23.3. The van der Waals surface area contributed by atoms with Crippen LogP contribution in [0.4, 0.5) is 13.2 Å². The van der Waals surface area contributed by atoms with E-state index in [2.05, 4.69) is 4.90 Å². The summed E-state index contributed by atoms with van der Waals surface area (Å²) < 4.78 is 93.0. The van der Waals surface area contributed by atoms with Crippen molar-refractivity contribution in [2.45, 2.75) is 50.5 Å². The zero-order valence-corrected chi connectivity index (χ0v) is 34.1. The second-order valence-electron chi connectivity index (χ2n) is 15.3. The van der Waals surface area contributed by atoms with Gasteiger partial charge >= 0.3 is 0 Å². The Morgan fingerprint density at radius 2 is 1.51 bits per heavy atom. The molecule has 1 amide bonds. The minimum Gasteiger partial charge on any atom is -0.493 e. The summed E-state index contributed by atoms with van der Waals surface area (Å²) in [5.41, 5.74) is 0.0753. The molecule has 0 bridgehead atoms. The van der Waals surface area contributed by atoms with Crippen LogP contribution in [0.25, 0.3) is 11.0 Å². The molecule has 4 aromatic carbocycles. The van der Waals surface area contributed by atoms with Gasteiger partial charge in [-0.2, -0.15) is 8.42 Å². The van der Waals surface area contributed by atoms with E-state index in [0.717, 1.165) is 29.5 Å². The average Bonchev–Trinajstić information content (AvgIpc) is 3.69. The number of aromatic nitrogens is 2. The van der Waals surface area contributed by atoms with E-state index in [-0.39, 0.29) is 56.7 Å². The number of likely N-dealkylation sites (tertiary alicyclic amines) is 2. The van der Waals surface area contributed by atoms with Crippen molar-refractivity contribution < 1.29 is 49.9 Å². The van der Waals surface area contributed by atoms with Crippen LogP contribution in [-0.4, -0.2) is 98.7 Å². The summed E-state index contributed by atoms with van der Waals surface area (Å²) in [6.07, 6.45) is 0.0144. The number of para-hydroxylation sites is 2. The van der Waals surface area contributed by atoms with Gasteiger partial charge < -0.3 is 33.7 Å². The molecule has 1 aromatic heterocycles. The number of nitrogens with zero attached hydrogens (tertiary/aromatic N) is 4. The zero-order valence-electron chi connectivity index (χ0n) is 33.3. The Morgan fingerprint density at radius 1 is 0.847 bits per heavy atom. The van der Waals surface area contributed by atoms with E-state index in [0.29, 0.717) is 53.8 Å². The Balaban J connectivity index is 1.17. The predicted octanol–water partition coefficient (Wildman–Crippen LogP) is 5.82. The van der Waals surface area contributed by atoms with Gasteiger partial charge in [0.1, 0.15) is 35.0 Å². The van der Waals surface area contributed by atoms with Crippen molar-refractivity contribution in [1.82, 2.24) is 19.4 Å². The number of benzene rings is 4. The van der Waals surface area contributed by atoms with Crippen LogP contribution >= 0.6 is 0 Å². The van der Waals surface area contributed by atoms with E-state index < -0.39 is 44.8 Å². The van der Waals surface area contributed by atoms with Crippen molar-refractivity contribution in [2.75, 3.05) is 53.8 Å². The Labute approximate surface area is 341 Å². The van der Waals surface area contributed by atoms with Crippen LogP contribution in [0.5, 0.6) is 17.2 Å². The molecule has 0 saturated carbocycles. The molecule has 2 atom stereocenters. The van der Waals surface area contributed by atoms with Gasteiger partial charge in [0.05, 0.1) is 44.0 Å². The summed E-state index contributed by atoms with van der Waals surface area (Å²) in [7, 11) is 0.266. The number of methoxy groups -OCH3 is 3. The largest absolute Gasteiger partial charge is 0.493 e. The van der Waals surface area contributed by atoms with Gasteiger partial charge in [-0.05, 0) is 91.4 Å². The lowest BCUT2D eigenvalue weighted by Crippen LogP contribution is -2.48. The Morgan fingerprint density at radius 3 is 2.14 bits per heavy atom. The van der Waals surface area contributed by atoms with Gasteiger partial charge in [-0.25, -0.2) is 18.2 Å². The third kappa shape index (κ3) is 8.76. The van der Waals surface area contributed by atoms with Crippen LogP contribution in [0.3, 0.4) is 0 Å². The standard InChI is InChI=1S/C43H47F3N4O8S/c1-55-36-21-29(22-37(56-2)39(36)57-3)25-49-27-38(58-59(4,53)54)42(41(49)51,24-30-11-14-32(45)23-33(30)46)15-18-48-19-16-43(52,17-20-48)40-47-34-7-5-6-8-35(34)50(40)26-28-9-12-31(44)13-10-28/h5-14,21-23,38,52H,15-20,24-27H2,1-4H3. The lowest BCUT2D eigenvalue weighted by molar-refractivity contribution is -0.139. The number of piperidine rings is 1. The van der Waals surface area contributed by atoms with E-state index in [1.165, 1.54) is 44.4 Å². The molecule has 2 unspecified atom stereocenters. The molecule has 5 aromatic rings. The molecule has 0 aliphatic carbocycles. The van der Waals surface area contributed by atoms with Gasteiger partial charge in [0.25, 0.3) is 10.1 Å². The molecule has 2 aliphatic rings. The molecule has 3 heterocycles. The molecule has 12 nitrogen and oxygen atoms in total. The van der Waals surface area contributed by atoms with Gasteiger partial charge in [0, 0.05) is 38.8 Å². The summed E-state index contributed by atoms with van der Waals surface area (Å²) in [6, 6.07) is 20.2. The van der Waals surface area contributed by atoms with E-state index in [1.807, 2.05) is 28.8 Å². The van der Waals surface area contributed by atoms with Crippen molar-refractivity contribution in [3.8, 4) is 17.2 Å². The molecule has 0 spiro atoms. The zero-order chi connectivity index (χ0) is 42.1. The first-order valence-electron chi connectivity index (χ1n) is 19.2. The first-order chi connectivity index (χ1) is 28.1. The van der Waals surface area contributed by atoms with E-state index >= 15 is 4.39 Å². The fraction of sp³-hybridized carbons (Fsp3) is 0.395. The quantitative estimate of drug-likeness (QED) is 0.129. The highest BCUT2D eigenvalue weighted by molar-refractivity contribution is 7.86. The fourth-order valence-corrected chi connectivity index (χ4v) is 9.14. The van der Waals surface area contributed by atoms with E-state index in [4.69, 9.17) is 23.4 Å². The third-order valence-corrected chi connectivity index (χ3v) is 12.1. The monoisotopic (exact) mass is 836 g/mol. The summed E-state index contributed by atoms with van der Waals surface area (Å²) in [5, 5.41) is 12.2. The molecule has 1 N–H and O–H groups in total. The topological polar surface area (TPSA) is 133 Å². The number of carbonyl (C=O) groups is 1. The Hall–Kier alpha value is -5.16. The van der Waals surface area contributed by atoms with Gasteiger partial charge in [-0.15, -0.1) is 0 Å². The number of imidazole rings is 1. The number of hydrogen-bond donors (Lipinski definition) is 1. The molecule has 7 rings (SSSR count). The number of ether oxygens (including phenoxy) is 3. The molecule has 16 heteroatoms. The highest BCUT2D eigenvalue weighted by Gasteiger charge is 2.56. The van der Waals surface area contributed by atoms with Gasteiger partial charge in [-0.3, -0.25) is 8.98 Å². The predicted molar refractivity (Wildman–Crippen MR) is 213 cm³/mol. The maximum Gasteiger partial charge on any atom is 0.264 e. The van der Waals surface area contributed by atoms with Crippen molar-refractivity contribution in [3.63, 3.8) is 0 Å². The van der Waals surface area contributed by atoms with E-state index in [1.54, 1.807) is 24.3 Å². The molecular formula is C43H47F3N4O8S. The number of amides is 1. The second-order valence-corrected chi connectivity index (χ2v) is 16.9. The minimum atomic E-state index is -4.13. The average molecular weight is 837 g/mol. The maximum absolute atomic E-state index is 15.4. The lowest BCUT2D eigenvalue weighted by Gasteiger charge is -2.40. The SMILES string of the molecule is COc1cc(CN2CC(OS(C)(=O)=O)C(CCN3CCC(O)(c4nc5ccccc5n4Cc4ccc(F)cc4)CC3)(Cc3ccc(F)cc3F)C2=O)cc(OC)c1OC. The lowest BCUT2D eigenvalue weighted by atomic mass is 9.75. The number of aliphatic hydroxyl groups is 1. The normalized spacial score (nSPS) is 19.7. The van der Waals surface area contributed by atoms with Crippen LogP contribution in [0.2, 0.25) is 0 Å². The van der Waals surface area contributed by atoms with Crippen molar-refractivity contribution in [1.29, 1.82) is 0 Å². The molecule has 314 valence electrons. The maximum atomic E-state index is 15.4. The first kappa shape index (κ1) is 42.0. The minimum absolute atomic E-state index is 0.00247. The second kappa shape index (κ2) is 16.8. The molecular weight excluding hydrogens is 790 g/mol. The number of halogens is 3. The van der Waals surface area contributed by atoms with Gasteiger partial charge in [0.2, 0.25) is 11.7 Å². The first-order valence-corrected chi connectivity index (χ1v) is 21.0. The van der Waals surface area contributed by atoms with Crippen molar-refractivity contribution in [3.05, 3.63) is 119 Å². The highest BCUT2D eigenvalue weighted by Crippen LogP contribution is 2.45. The summed E-state index contributed by atoms with van der Waals surface area (Å²) >= 11 is 0. The van der Waals surface area contributed by atoms with Crippen LogP contribution < -0.4 is 14.2 Å². The van der Waals surface area contributed by atoms with Crippen LogP contribution in [0.15, 0.2) is 78.9 Å². The number of rotatable bonds is 15. The molecule has 0 radical (unpaired) electrons. The highest BCUT2D eigenvalue weighted by atomic mass is 32.2. The number of hydrogen-bond acceptors (Lipinski definition) is 10. The van der Waals surface area contributed by atoms with Crippen molar-refractivity contribution >= 4 is 27.1 Å². The number of fused-ring (bicyclic) bond motifs is 1. The Bertz CT molecular complexity index is 2410. The molecule has 2 fully saturated rings.